The van der Waals surface area contributed by atoms with Gasteiger partial charge in [0.1, 0.15) is 18.2 Å². The predicted molar refractivity (Wildman–Crippen MR) is 125 cm³/mol. The number of amides is 1. The molecular weight excluding hydrogens is 414 g/mol. The maximum Gasteiger partial charge on any atom is 0.255 e. The molecular formula is C23H28ClN5O2. The van der Waals surface area contributed by atoms with Gasteiger partial charge in [0.2, 0.25) is 0 Å². The SMILES string of the molecule is Cl.NCc1ccc(-c2ncc[nH]2)cc1NC(=O)c1ccc(OCC2CCCCN2)cc1. The number of aromatic amines is 1. The molecule has 1 aliphatic heterocycles. The first kappa shape index (κ1) is 22.8. The fourth-order valence-corrected chi connectivity index (χ4v) is 3.60. The zero-order chi connectivity index (χ0) is 20.8. The van der Waals surface area contributed by atoms with Crippen LogP contribution in [0, 0.1) is 0 Å². The van der Waals surface area contributed by atoms with Crippen LogP contribution in [0.2, 0.25) is 0 Å². The number of piperidine rings is 1. The minimum Gasteiger partial charge on any atom is -0.492 e. The molecule has 1 saturated heterocycles. The molecule has 1 fully saturated rings. The molecule has 1 amide bonds. The largest absolute Gasteiger partial charge is 0.492 e. The first-order chi connectivity index (χ1) is 14.7. The van der Waals surface area contributed by atoms with Crippen molar-refractivity contribution >= 4 is 24.0 Å². The molecule has 4 rings (SSSR count). The molecule has 0 spiro atoms. The molecule has 2 heterocycles. The molecule has 0 bridgehead atoms. The number of anilines is 1. The lowest BCUT2D eigenvalue weighted by molar-refractivity contribution is 0.102. The summed E-state index contributed by atoms with van der Waals surface area (Å²) in [7, 11) is 0. The lowest BCUT2D eigenvalue weighted by atomic mass is 10.1. The summed E-state index contributed by atoms with van der Waals surface area (Å²) in [6.07, 6.45) is 7.07. The van der Waals surface area contributed by atoms with Gasteiger partial charge in [-0.1, -0.05) is 18.6 Å². The standard InChI is InChI=1S/C23H27N5O2.ClH/c24-14-18-5-4-17(22-26-11-12-27-22)13-21(18)28-23(29)16-6-8-20(9-7-16)30-15-19-3-1-2-10-25-19;/h4-9,11-13,19,25H,1-3,10,14-15,24H2,(H,26,27)(H,28,29);1H. The molecule has 0 saturated carbocycles. The lowest BCUT2D eigenvalue weighted by Crippen LogP contribution is -2.38. The van der Waals surface area contributed by atoms with E-state index in [4.69, 9.17) is 10.5 Å². The number of hydrogen-bond acceptors (Lipinski definition) is 5. The van der Waals surface area contributed by atoms with E-state index in [1.165, 1.54) is 12.8 Å². The van der Waals surface area contributed by atoms with Crippen LogP contribution in [0.4, 0.5) is 5.69 Å². The Hall–Kier alpha value is -2.87. The first-order valence-corrected chi connectivity index (χ1v) is 10.3. The summed E-state index contributed by atoms with van der Waals surface area (Å²) in [5, 5.41) is 6.44. The van der Waals surface area contributed by atoms with Crippen molar-refractivity contribution in [3.8, 4) is 17.1 Å². The lowest BCUT2D eigenvalue weighted by Gasteiger charge is -2.23. The number of rotatable bonds is 7. The normalized spacial score (nSPS) is 15.7. The highest BCUT2D eigenvalue weighted by Gasteiger charge is 2.14. The van der Waals surface area contributed by atoms with Crippen molar-refractivity contribution in [3.05, 3.63) is 66.0 Å². The number of carbonyl (C=O) groups is 1. The fourth-order valence-electron chi connectivity index (χ4n) is 3.60. The molecule has 1 atom stereocenters. The summed E-state index contributed by atoms with van der Waals surface area (Å²) in [6.45, 7) is 2.03. The highest BCUT2D eigenvalue weighted by Crippen LogP contribution is 2.24. The van der Waals surface area contributed by atoms with Crippen LogP contribution in [0.3, 0.4) is 0 Å². The van der Waals surface area contributed by atoms with Gasteiger partial charge >= 0.3 is 0 Å². The summed E-state index contributed by atoms with van der Waals surface area (Å²) in [6, 6.07) is 13.3. The zero-order valence-corrected chi connectivity index (χ0v) is 18.1. The van der Waals surface area contributed by atoms with Gasteiger partial charge in [-0.05, 0) is 55.3 Å². The van der Waals surface area contributed by atoms with Crippen molar-refractivity contribution in [3.63, 3.8) is 0 Å². The molecule has 164 valence electrons. The van der Waals surface area contributed by atoms with Gasteiger partial charge in [-0.25, -0.2) is 4.98 Å². The summed E-state index contributed by atoms with van der Waals surface area (Å²) < 4.78 is 5.87. The average molecular weight is 442 g/mol. The van der Waals surface area contributed by atoms with Crippen molar-refractivity contribution in [2.75, 3.05) is 18.5 Å². The minimum absolute atomic E-state index is 0. The number of nitrogens with two attached hydrogens (primary N) is 1. The number of halogens is 1. The van der Waals surface area contributed by atoms with Crippen molar-refractivity contribution in [1.29, 1.82) is 0 Å². The molecule has 3 aromatic rings. The zero-order valence-electron chi connectivity index (χ0n) is 17.3. The van der Waals surface area contributed by atoms with Gasteiger partial charge < -0.3 is 26.1 Å². The third-order valence-electron chi connectivity index (χ3n) is 5.33. The van der Waals surface area contributed by atoms with Crippen molar-refractivity contribution in [2.45, 2.75) is 31.8 Å². The molecule has 1 unspecified atom stereocenters. The molecule has 31 heavy (non-hydrogen) atoms. The van der Waals surface area contributed by atoms with Crippen molar-refractivity contribution in [2.24, 2.45) is 5.73 Å². The van der Waals surface area contributed by atoms with Gasteiger partial charge in [0, 0.05) is 41.8 Å². The van der Waals surface area contributed by atoms with E-state index in [1.54, 1.807) is 24.5 Å². The number of carbonyl (C=O) groups excluding carboxylic acids is 1. The highest BCUT2D eigenvalue weighted by molar-refractivity contribution is 6.05. The Kier molecular flexibility index (Phi) is 8.06. The monoisotopic (exact) mass is 441 g/mol. The Balaban J connectivity index is 0.00000272. The van der Waals surface area contributed by atoms with Gasteiger partial charge in [0.05, 0.1) is 0 Å². The van der Waals surface area contributed by atoms with E-state index in [0.717, 1.165) is 35.7 Å². The van der Waals surface area contributed by atoms with E-state index >= 15 is 0 Å². The van der Waals surface area contributed by atoms with Crippen LogP contribution >= 0.6 is 12.4 Å². The Morgan fingerprint density at radius 3 is 2.71 bits per heavy atom. The molecule has 0 aliphatic carbocycles. The number of H-pyrrole nitrogens is 1. The van der Waals surface area contributed by atoms with Gasteiger partial charge in [0.25, 0.3) is 5.91 Å². The van der Waals surface area contributed by atoms with Gasteiger partial charge in [-0.2, -0.15) is 0 Å². The topological polar surface area (TPSA) is 105 Å². The van der Waals surface area contributed by atoms with E-state index in [2.05, 4.69) is 20.6 Å². The smallest absolute Gasteiger partial charge is 0.255 e. The maximum absolute atomic E-state index is 12.8. The van der Waals surface area contributed by atoms with Crippen LogP contribution in [0.1, 0.15) is 35.2 Å². The van der Waals surface area contributed by atoms with E-state index < -0.39 is 0 Å². The van der Waals surface area contributed by atoms with Crippen LogP contribution < -0.4 is 21.1 Å². The molecule has 2 aromatic carbocycles. The summed E-state index contributed by atoms with van der Waals surface area (Å²) in [5.41, 5.74) is 8.83. The quantitative estimate of drug-likeness (QED) is 0.447. The van der Waals surface area contributed by atoms with Crippen molar-refractivity contribution in [1.82, 2.24) is 15.3 Å². The number of ether oxygens (including phenoxy) is 1. The Morgan fingerprint density at radius 1 is 1.19 bits per heavy atom. The number of nitrogens with one attached hydrogen (secondary N) is 3. The Bertz CT molecular complexity index is 970. The third kappa shape index (κ3) is 5.85. The van der Waals surface area contributed by atoms with E-state index in [1.807, 2.05) is 30.3 Å². The van der Waals surface area contributed by atoms with Crippen LogP contribution in [0.5, 0.6) is 5.75 Å². The van der Waals surface area contributed by atoms with Crippen LogP contribution in [0.25, 0.3) is 11.4 Å². The average Bonchev–Trinajstić information content (AvgIpc) is 3.34. The van der Waals surface area contributed by atoms with Gasteiger partial charge in [0.15, 0.2) is 0 Å². The van der Waals surface area contributed by atoms with E-state index in [0.29, 0.717) is 30.4 Å². The van der Waals surface area contributed by atoms with Crippen molar-refractivity contribution < 1.29 is 9.53 Å². The molecule has 0 radical (unpaired) electrons. The first-order valence-electron chi connectivity index (χ1n) is 10.3. The second kappa shape index (κ2) is 10.9. The van der Waals surface area contributed by atoms with Gasteiger partial charge in [-0.15, -0.1) is 12.4 Å². The third-order valence-corrected chi connectivity index (χ3v) is 5.33. The Labute approximate surface area is 188 Å². The number of aromatic nitrogens is 2. The molecule has 7 nitrogen and oxygen atoms in total. The van der Waals surface area contributed by atoms with Crippen LogP contribution in [0.15, 0.2) is 54.9 Å². The second-order valence-electron chi connectivity index (χ2n) is 7.45. The second-order valence-corrected chi connectivity index (χ2v) is 7.45. The summed E-state index contributed by atoms with van der Waals surface area (Å²) in [5.74, 6) is 1.31. The molecule has 1 aromatic heterocycles. The Morgan fingerprint density at radius 2 is 2.03 bits per heavy atom. The fraction of sp³-hybridized carbons (Fsp3) is 0.304. The maximum atomic E-state index is 12.8. The number of imidazole rings is 1. The van der Waals surface area contributed by atoms with E-state index in [-0.39, 0.29) is 18.3 Å². The predicted octanol–water partition coefficient (Wildman–Crippen LogP) is 3.73. The summed E-state index contributed by atoms with van der Waals surface area (Å²) >= 11 is 0. The molecule has 8 heteroatoms. The number of nitrogens with zero attached hydrogens (tertiary/aromatic N) is 1. The number of benzene rings is 2. The summed E-state index contributed by atoms with van der Waals surface area (Å²) in [4.78, 5) is 20.1. The van der Waals surface area contributed by atoms with Crippen LogP contribution in [-0.2, 0) is 6.54 Å². The van der Waals surface area contributed by atoms with E-state index in [9.17, 15) is 4.79 Å². The minimum atomic E-state index is -0.193. The highest BCUT2D eigenvalue weighted by atomic mass is 35.5. The molecule has 5 N–H and O–H groups in total. The number of hydrogen-bond donors (Lipinski definition) is 4. The molecule has 1 aliphatic rings. The van der Waals surface area contributed by atoms with Crippen LogP contribution in [-0.4, -0.2) is 35.1 Å². The van der Waals surface area contributed by atoms with Gasteiger partial charge in [-0.3, -0.25) is 4.79 Å².